The third-order valence-electron chi connectivity index (χ3n) is 2.28. The topological polar surface area (TPSA) is 112 Å². The molecule has 0 bridgehead atoms. The molecular formula is C12H16F3N5OS2. The monoisotopic (exact) mass is 367 g/mol. The van der Waals surface area contributed by atoms with Crippen molar-refractivity contribution < 1.29 is 18.0 Å². The molecule has 0 aliphatic rings. The maximum Gasteiger partial charge on any atom is 0.463 e. The van der Waals surface area contributed by atoms with Crippen LogP contribution in [0.4, 0.5) is 18.9 Å². The maximum atomic E-state index is 12.0. The normalized spacial score (nSPS) is 12.1. The van der Waals surface area contributed by atoms with Crippen molar-refractivity contribution in [3.8, 4) is 0 Å². The Morgan fingerprint density at radius 3 is 2.61 bits per heavy atom. The second-order valence-corrected chi connectivity index (χ2v) is 6.08. The zero-order valence-electron chi connectivity index (χ0n) is 11.9. The lowest BCUT2D eigenvalue weighted by Crippen LogP contribution is -2.21. The van der Waals surface area contributed by atoms with E-state index in [2.05, 4.69) is 14.2 Å². The highest BCUT2D eigenvalue weighted by atomic mass is 32.2. The number of nitrogens with zero attached hydrogens (tertiary/aromatic N) is 2. The average Bonchev–Trinajstić information content (AvgIpc) is 2.45. The highest BCUT2D eigenvalue weighted by Gasteiger charge is 2.29. The van der Waals surface area contributed by atoms with Crippen molar-refractivity contribution in [3.63, 3.8) is 0 Å². The average molecular weight is 367 g/mol. The van der Waals surface area contributed by atoms with E-state index in [0.717, 1.165) is 5.56 Å². The van der Waals surface area contributed by atoms with E-state index in [9.17, 15) is 13.2 Å². The molecule has 128 valence electrons. The number of guanidine groups is 1. The van der Waals surface area contributed by atoms with E-state index in [0.29, 0.717) is 17.2 Å². The number of thioether (sulfide) groups is 1. The smallest absolute Gasteiger partial charge is 0.395 e. The first-order valence-electron chi connectivity index (χ1n) is 6.25. The van der Waals surface area contributed by atoms with Crippen molar-refractivity contribution in [3.05, 3.63) is 29.8 Å². The van der Waals surface area contributed by atoms with E-state index in [1.54, 1.807) is 6.07 Å². The van der Waals surface area contributed by atoms with Crippen LogP contribution in [0.2, 0.25) is 0 Å². The van der Waals surface area contributed by atoms with Crippen LogP contribution in [-0.4, -0.2) is 23.1 Å². The van der Waals surface area contributed by atoms with E-state index in [-0.39, 0.29) is 18.3 Å². The van der Waals surface area contributed by atoms with Crippen molar-refractivity contribution in [1.82, 2.24) is 0 Å². The third kappa shape index (κ3) is 9.21. The third-order valence-corrected chi connectivity index (χ3v) is 3.82. The number of hydrogen-bond acceptors (Lipinski definition) is 6. The van der Waals surface area contributed by atoms with Gasteiger partial charge in [0.15, 0.2) is 5.96 Å². The number of hydrogen-bond donors (Lipinski definition) is 3. The Bertz CT molecular complexity index is 562. The highest BCUT2D eigenvalue weighted by Crippen LogP contribution is 2.31. The highest BCUT2D eigenvalue weighted by molar-refractivity contribution is 7.99. The summed E-state index contributed by atoms with van der Waals surface area (Å²) in [6.45, 7) is 0. The molecule has 11 heteroatoms. The Morgan fingerprint density at radius 2 is 2.00 bits per heavy atom. The fourth-order valence-electron chi connectivity index (χ4n) is 1.44. The zero-order chi connectivity index (χ0) is 17.3. The second-order valence-electron chi connectivity index (χ2n) is 4.15. The largest absolute Gasteiger partial charge is 0.463 e. The minimum absolute atomic E-state index is 0.0297. The number of nitrogens with two attached hydrogens (primary N) is 3. The van der Waals surface area contributed by atoms with Crippen LogP contribution in [0.5, 0.6) is 0 Å². The van der Waals surface area contributed by atoms with Gasteiger partial charge >= 0.3 is 5.51 Å². The molecule has 0 aliphatic heterocycles. The molecule has 1 aromatic rings. The van der Waals surface area contributed by atoms with Crippen LogP contribution in [0.3, 0.4) is 0 Å². The minimum atomic E-state index is -4.46. The van der Waals surface area contributed by atoms with Crippen molar-refractivity contribution in [1.29, 1.82) is 0 Å². The van der Waals surface area contributed by atoms with Crippen molar-refractivity contribution >= 4 is 41.3 Å². The molecule has 0 atom stereocenters. The quantitative estimate of drug-likeness (QED) is 0.225. The summed E-state index contributed by atoms with van der Waals surface area (Å²) in [7, 11) is 0. The van der Waals surface area contributed by atoms with Gasteiger partial charge in [0.25, 0.3) is 0 Å². The molecule has 0 unspecified atom stereocenters. The fraction of sp³-hybridized carbons (Fsp3) is 0.333. The Balaban J connectivity index is 2.43. The minimum Gasteiger partial charge on any atom is -0.395 e. The molecule has 0 radical (unpaired) electrons. The van der Waals surface area contributed by atoms with Gasteiger partial charge in [-0.2, -0.15) is 35.2 Å². The van der Waals surface area contributed by atoms with Crippen molar-refractivity contribution in [2.24, 2.45) is 26.8 Å². The summed E-state index contributed by atoms with van der Waals surface area (Å²) in [6, 6.07) is 7.29. The van der Waals surface area contributed by atoms with Gasteiger partial charge in [0.05, 0.1) is 17.6 Å². The molecule has 0 amide bonds. The van der Waals surface area contributed by atoms with Gasteiger partial charge in [-0.3, -0.25) is 0 Å². The van der Waals surface area contributed by atoms with Gasteiger partial charge in [0.1, 0.15) is 0 Å². The number of benzene rings is 1. The van der Waals surface area contributed by atoms with Crippen LogP contribution >= 0.6 is 23.7 Å². The fourth-order valence-corrected chi connectivity index (χ4v) is 2.66. The van der Waals surface area contributed by atoms with Gasteiger partial charge in [-0.25, -0.2) is 4.99 Å². The lowest BCUT2D eigenvalue weighted by molar-refractivity contribution is -0.0328. The van der Waals surface area contributed by atoms with E-state index in [1.807, 2.05) is 18.2 Å². The molecule has 0 heterocycles. The Morgan fingerprint density at radius 1 is 1.26 bits per heavy atom. The summed E-state index contributed by atoms with van der Waals surface area (Å²) in [5.74, 6) is 5.85. The lowest BCUT2D eigenvalue weighted by atomic mass is 10.2. The Hall–Kier alpha value is -1.59. The summed E-state index contributed by atoms with van der Waals surface area (Å²) in [5.41, 5.74) is 7.77. The molecule has 23 heavy (non-hydrogen) atoms. The molecular weight excluding hydrogens is 351 g/mol. The number of rotatable bonds is 7. The zero-order valence-corrected chi connectivity index (χ0v) is 13.5. The van der Waals surface area contributed by atoms with Gasteiger partial charge < -0.3 is 16.3 Å². The molecule has 0 saturated heterocycles. The van der Waals surface area contributed by atoms with Crippen molar-refractivity contribution in [2.75, 3.05) is 5.75 Å². The molecule has 0 aromatic heterocycles. The predicted octanol–water partition coefficient (Wildman–Crippen LogP) is 2.67. The van der Waals surface area contributed by atoms with Crippen LogP contribution in [0.1, 0.15) is 12.0 Å². The first kappa shape index (κ1) is 19.5. The molecule has 1 rings (SSSR count). The van der Waals surface area contributed by atoms with Crippen LogP contribution in [0.15, 0.2) is 33.7 Å². The summed E-state index contributed by atoms with van der Waals surface area (Å²) >= 11 is 0.957. The second kappa shape index (κ2) is 9.53. The SMILES string of the molecule is NO/C(CCSCc1cccc(N=C(N)N)c1)=N\SC(F)(F)F. The summed E-state index contributed by atoms with van der Waals surface area (Å²) < 4.78 is 39.3. The lowest BCUT2D eigenvalue weighted by Gasteiger charge is -2.06. The standard InChI is InChI=1S/C12H16F3N5OS2/c13-12(14,15)23-20-10(21-18)4-5-22-7-8-2-1-3-9(6-8)19-11(16)17/h1-3,6H,4-5,7,18H2,(H4,16,17,19)/b20-10-. The van der Waals surface area contributed by atoms with E-state index >= 15 is 0 Å². The first-order valence-corrected chi connectivity index (χ1v) is 8.18. The molecule has 0 saturated carbocycles. The Labute approximate surface area is 139 Å². The number of alkyl halides is 3. The number of halogens is 3. The van der Waals surface area contributed by atoms with E-state index in [4.69, 9.17) is 17.4 Å². The molecule has 6 N–H and O–H groups in total. The van der Waals surface area contributed by atoms with Crippen LogP contribution in [-0.2, 0) is 10.6 Å². The van der Waals surface area contributed by atoms with Crippen LogP contribution in [0.25, 0.3) is 0 Å². The van der Waals surface area contributed by atoms with Gasteiger partial charge in [-0.05, 0) is 17.7 Å². The van der Waals surface area contributed by atoms with Gasteiger partial charge in [0, 0.05) is 17.9 Å². The molecule has 1 aromatic carbocycles. The van der Waals surface area contributed by atoms with Crippen LogP contribution < -0.4 is 17.4 Å². The van der Waals surface area contributed by atoms with Crippen LogP contribution in [0, 0.1) is 0 Å². The molecule has 6 nitrogen and oxygen atoms in total. The van der Waals surface area contributed by atoms with Crippen molar-refractivity contribution in [2.45, 2.75) is 17.7 Å². The first-order chi connectivity index (χ1) is 10.8. The van der Waals surface area contributed by atoms with E-state index < -0.39 is 17.5 Å². The summed E-state index contributed by atoms with van der Waals surface area (Å²) in [4.78, 5) is 8.27. The summed E-state index contributed by atoms with van der Waals surface area (Å²) in [5, 5.41) is 0. The Kier molecular flexibility index (Phi) is 8.06. The maximum absolute atomic E-state index is 12.0. The predicted molar refractivity (Wildman–Crippen MR) is 89.0 cm³/mol. The molecule has 0 fully saturated rings. The molecule has 0 spiro atoms. The van der Waals surface area contributed by atoms with Gasteiger partial charge in [-0.15, -0.1) is 0 Å². The molecule has 0 aliphatic carbocycles. The van der Waals surface area contributed by atoms with E-state index in [1.165, 1.54) is 11.8 Å². The van der Waals surface area contributed by atoms with Gasteiger partial charge in [-0.1, -0.05) is 12.1 Å². The van der Waals surface area contributed by atoms with Gasteiger partial charge in [0.2, 0.25) is 5.90 Å². The summed E-state index contributed by atoms with van der Waals surface area (Å²) in [6.07, 6.45) is 0.192. The number of aliphatic imine (C=N–C) groups is 1.